The van der Waals surface area contributed by atoms with E-state index in [4.69, 9.17) is 0 Å². The average molecular weight is 308 g/mol. The molecule has 2 nitrogen and oxygen atoms in total. The van der Waals surface area contributed by atoms with Crippen LogP contribution in [0.4, 0.5) is 0 Å². The van der Waals surface area contributed by atoms with Gasteiger partial charge in [-0.25, -0.2) is 0 Å². The predicted molar refractivity (Wildman–Crippen MR) is 76.5 cm³/mol. The summed E-state index contributed by atoms with van der Waals surface area (Å²) < 4.78 is 3.46. The van der Waals surface area contributed by atoms with Gasteiger partial charge in [0.1, 0.15) is 0 Å². The maximum absolute atomic E-state index is 12.4. The van der Waals surface area contributed by atoms with Crippen LogP contribution < -0.4 is 5.56 Å². The van der Waals surface area contributed by atoms with Crippen LogP contribution in [0.5, 0.6) is 0 Å². The van der Waals surface area contributed by atoms with Gasteiger partial charge in [0.25, 0.3) is 0 Å². The van der Waals surface area contributed by atoms with Crippen LogP contribution in [0.1, 0.15) is 51.0 Å². The summed E-state index contributed by atoms with van der Waals surface area (Å²) in [7, 11) is 0. The van der Waals surface area contributed by atoms with E-state index in [1.54, 1.807) is 0 Å². The van der Waals surface area contributed by atoms with Crippen LogP contribution >= 0.6 is 0 Å². The average Bonchev–Trinajstić information content (AvgIpc) is 2.67. The summed E-state index contributed by atoms with van der Waals surface area (Å²) in [6.45, 7) is 0. The Labute approximate surface area is 114 Å². The molecule has 1 heterocycles. The molecule has 96 valence electrons. The van der Waals surface area contributed by atoms with Crippen LogP contribution in [-0.2, 0) is 0 Å². The van der Waals surface area contributed by atoms with E-state index in [1.807, 2.05) is 12.1 Å². The van der Waals surface area contributed by atoms with Crippen molar-refractivity contribution in [2.45, 2.75) is 51.0 Å². The Balaban J connectivity index is 1.97. The molecule has 3 rings (SSSR count). The number of hydrogen-bond acceptors (Lipinski definition) is 1. The topological polar surface area (TPSA) is 22.0 Å². The van der Waals surface area contributed by atoms with E-state index in [0.717, 1.165) is 5.39 Å². The van der Waals surface area contributed by atoms with Crippen molar-refractivity contribution >= 4 is 24.4 Å². The van der Waals surface area contributed by atoms with Crippen molar-refractivity contribution in [1.29, 1.82) is 0 Å². The summed E-state index contributed by atoms with van der Waals surface area (Å²) in [5.41, 5.74) is 0.288. The quantitative estimate of drug-likeness (QED) is 0.741. The molecule has 0 amide bonds. The van der Waals surface area contributed by atoms with Gasteiger partial charge in [-0.2, -0.15) is 0 Å². The zero-order chi connectivity index (χ0) is 12.4. The molecule has 1 aromatic carbocycles. The van der Waals surface area contributed by atoms with Crippen LogP contribution in [0.25, 0.3) is 9.65 Å². The van der Waals surface area contributed by atoms with Crippen LogP contribution in [0.15, 0.2) is 29.1 Å². The monoisotopic (exact) mass is 309 g/mol. The third-order valence-electron chi connectivity index (χ3n) is 3.92. The van der Waals surface area contributed by atoms with Gasteiger partial charge in [-0.15, -0.1) is 0 Å². The van der Waals surface area contributed by atoms with Gasteiger partial charge in [0.2, 0.25) is 0 Å². The normalized spacial score (nSPS) is 18.7. The van der Waals surface area contributed by atoms with Gasteiger partial charge in [-0.3, -0.25) is 0 Å². The fourth-order valence-electron chi connectivity index (χ4n) is 2.90. The Morgan fingerprint density at radius 1 is 1.00 bits per heavy atom. The van der Waals surface area contributed by atoms with Crippen LogP contribution in [-0.4, -0.2) is 18.3 Å². The van der Waals surface area contributed by atoms with Gasteiger partial charge in [0.15, 0.2) is 0 Å². The summed E-state index contributed by atoms with van der Waals surface area (Å²) in [6, 6.07) is 8.65. The molecule has 1 aromatic heterocycles. The molecule has 0 atom stereocenters. The minimum absolute atomic E-state index is 0.220. The first kappa shape index (κ1) is 12.3. The molecule has 0 N–H and O–H groups in total. The zero-order valence-corrected chi connectivity index (χ0v) is 12.3. The molecule has 18 heavy (non-hydrogen) atoms. The summed E-state index contributed by atoms with van der Waals surface area (Å²) in [4.78, 5) is 12.4. The van der Waals surface area contributed by atoms with E-state index in [1.165, 1.54) is 49.2 Å². The minimum atomic E-state index is 0.220. The fraction of sp³-hybridized carbons (Fsp3) is 0.533. The van der Waals surface area contributed by atoms with Crippen molar-refractivity contribution in [2.24, 2.45) is 0 Å². The Morgan fingerprint density at radius 2 is 1.67 bits per heavy atom. The number of fused-ring (bicyclic) bond motifs is 1. The molecule has 1 saturated carbocycles. The van der Waals surface area contributed by atoms with Gasteiger partial charge in [-0.1, -0.05) is 0 Å². The van der Waals surface area contributed by atoms with Crippen molar-refractivity contribution in [3.05, 3.63) is 34.6 Å². The Morgan fingerprint density at radius 3 is 2.39 bits per heavy atom. The first-order valence-corrected chi connectivity index (χ1v) is 8.59. The third-order valence-corrected chi connectivity index (χ3v) is 6.47. The molecule has 0 radical (unpaired) electrons. The second-order valence-electron chi connectivity index (χ2n) is 5.22. The molecule has 1 aliphatic rings. The molecule has 0 spiro atoms. The standard InChI is InChI=1S/C15H19NOSe/c17-15-13-10-6-7-11-14(13)18-16(15)12-8-4-2-1-3-5-9-12/h6-7,10-12H,1-5,8-9H2. The molecule has 2 aromatic rings. The number of rotatable bonds is 1. The second kappa shape index (κ2) is 5.46. The zero-order valence-electron chi connectivity index (χ0n) is 10.6. The van der Waals surface area contributed by atoms with Crippen molar-refractivity contribution in [2.75, 3.05) is 0 Å². The van der Waals surface area contributed by atoms with E-state index < -0.39 is 0 Å². The van der Waals surface area contributed by atoms with Crippen molar-refractivity contribution < 1.29 is 0 Å². The maximum atomic E-state index is 12.4. The fourth-order valence-corrected chi connectivity index (χ4v) is 5.30. The summed E-state index contributed by atoms with van der Waals surface area (Å²) in [6.07, 6.45) is 9.08. The molecule has 0 bridgehead atoms. The second-order valence-corrected chi connectivity index (χ2v) is 7.35. The van der Waals surface area contributed by atoms with E-state index in [9.17, 15) is 4.79 Å². The van der Waals surface area contributed by atoms with Crippen LogP contribution in [0, 0.1) is 0 Å². The molecule has 0 saturated heterocycles. The van der Waals surface area contributed by atoms with Gasteiger partial charge in [0, 0.05) is 0 Å². The molecular formula is C15H19NOSe. The van der Waals surface area contributed by atoms with Crippen molar-refractivity contribution in [3.8, 4) is 0 Å². The first-order chi connectivity index (χ1) is 8.86. The van der Waals surface area contributed by atoms with E-state index in [0.29, 0.717) is 6.04 Å². The summed E-state index contributed by atoms with van der Waals surface area (Å²) in [5.74, 6) is 0. The molecular weight excluding hydrogens is 289 g/mol. The predicted octanol–water partition coefficient (Wildman–Crippen LogP) is 3.34. The van der Waals surface area contributed by atoms with Gasteiger partial charge in [0.05, 0.1) is 0 Å². The molecule has 0 aliphatic heterocycles. The molecule has 0 unspecified atom stereocenters. The SMILES string of the molecule is O=c1c2ccccc2[se]n1C1CCCCCCC1. The molecule has 1 fully saturated rings. The summed E-state index contributed by atoms with van der Waals surface area (Å²) >= 11 is 0.220. The number of hydrogen-bond donors (Lipinski definition) is 0. The molecule has 1 aliphatic carbocycles. The first-order valence-electron chi connectivity index (χ1n) is 6.97. The number of aromatic nitrogens is 1. The van der Waals surface area contributed by atoms with E-state index in [2.05, 4.69) is 15.7 Å². The number of benzene rings is 1. The Hall–Kier alpha value is -0.791. The Bertz CT molecular complexity index is 575. The number of nitrogens with zero attached hydrogens (tertiary/aromatic N) is 1. The molecule has 3 heteroatoms. The summed E-state index contributed by atoms with van der Waals surface area (Å²) in [5, 5.41) is 0.958. The van der Waals surface area contributed by atoms with Crippen LogP contribution in [0.3, 0.4) is 0 Å². The van der Waals surface area contributed by atoms with E-state index >= 15 is 0 Å². The van der Waals surface area contributed by atoms with Crippen molar-refractivity contribution in [3.63, 3.8) is 0 Å². The Kier molecular flexibility index (Phi) is 3.72. The van der Waals surface area contributed by atoms with Crippen LogP contribution in [0.2, 0.25) is 0 Å². The third kappa shape index (κ3) is 2.34. The van der Waals surface area contributed by atoms with E-state index in [-0.39, 0.29) is 20.3 Å². The van der Waals surface area contributed by atoms with Crippen molar-refractivity contribution in [1.82, 2.24) is 3.56 Å². The van der Waals surface area contributed by atoms with Gasteiger partial charge in [-0.05, 0) is 0 Å². The van der Waals surface area contributed by atoms with Gasteiger partial charge < -0.3 is 0 Å². The van der Waals surface area contributed by atoms with Gasteiger partial charge >= 0.3 is 114 Å².